The minimum absolute atomic E-state index is 0.0529. The number of aromatic nitrogens is 2. The van der Waals surface area contributed by atoms with Gasteiger partial charge < -0.3 is 9.88 Å². The summed E-state index contributed by atoms with van der Waals surface area (Å²) >= 11 is 0. The van der Waals surface area contributed by atoms with Gasteiger partial charge in [-0.15, -0.1) is 0 Å². The summed E-state index contributed by atoms with van der Waals surface area (Å²) in [7, 11) is 0. The zero-order valence-electron chi connectivity index (χ0n) is 11.8. The largest absolute Gasteiger partial charge is 0.362 e. The number of rotatable bonds is 4. The van der Waals surface area contributed by atoms with E-state index in [0.29, 0.717) is 23.8 Å². The van der Waals surface area contributed by atoms with Gasteiger partial charge in [-0.3, -0.25) is 4.79 Å². The summed E-state index contributed by atoms with van der Waals surface area (Å²) in [5.41, 5.74) is 0.0529. The minimum atomic E-state index is 0.0529. The van der Waals surface area contributed by atoms with Crippen molar-refractivity contribution in [1.29, 1.82) is 0 Å². The van der Waals surface area contributed by atoms with Gasteiger partial charge in [-0.2, -0.15) is 0 Å². The maximum absolute atomic E-state index is 12.3. The van der Waals surface area contributed by atoms with Crippen molar-refractivity contribution in [1.82, 2.24) is 9.55 Å². The third-order valence-electron chi connectivity index (χ3n) is 4.88. The summed E-state index contributed by atoms with van der Waals surface area (Å²) in [6.07, 6.45) is 9.46. The molecule has 3 rings (SSSR count). The van der Waals surface area contributed by atoms with Gasteiger partial charge in [0.15, 0.2) is 5.82 Å². The van der Waals surface area contributed by atoms with Crippen LogP contribution in [0.5, 0.6) is 0 Å². The van der Waals surface area contributed by atoms with Crippen LogP contribution in [0, 0.1) is 11.8 Å². The lowest BCUT2D eigenvalue weighted by Crippen LogP contribution is -2.31. The molecule has 19 heavy (non-hydrogen) atoms. The molecule has 4 nitrogen and oxygen atoms in total. The van der Waals surface area contributed by atoms with E-state index in [4.69, 9.17) is 0 Å². The summed E-state index contributed by atoms with van der Waals surface area (Å²) in [4.78, 5) is 16.6. The van der Waals surface area contributed by atoms with Crippen LogP contribution < -0.4 is 10.9 Å². The Morgan fingerprint density at radius 2 is 2.16 bits per heavy atom. The summed E-state index contributed by atoms with van der Waals surface area (Å²) < 4.78 is 1.84. The van der Waals surface area contributed by atoms with E-state index < -0.39 is 0 Å². The first-order valence-electron chi connectivity index (χ1n) is 7.54. The van der Waals surface area contributed by atoms with Gasteiger partial charge in [0.2, 0.25) is 0 Å². The molecule has 4 heteroatoms. The molecule has 2 aliphatic carbocycles. The van der Waals surface area contributed by atoms with Crippen molar-refractivity contribution >= 4 is 5.82 Å². The van der Waals surface area contributed by atoms with Gasteiger partial charge in [0, 0.05) is 24.5 Å². The fourth-order valence-electron chi connectivity index (χ4n) is 3.37. The molecule has 0 bridgehead atoms. The van der Waals surface area contributed by atoms with Gasteiger partial charge >= 0.3 is 0 Å². The Morgan fingerprint density at radius 1 is 1.37 bits per heavy atom. The molecule has 0 amide bonds. The maximum atomic E-state index is 12.3. The van der Waals surface area contributed by atoms with Crippen LogP contribution in [0.3, 0.4) is 0 Å². The Balaban J connectivity index is 1.77. The van der Waals surface area contributed by atoms with Gasteiger partial charge in [0.25, 0.3) is 5.56 Å². The van der Waals surface area contributed by atoms with E-state index in [9.17, 15) is 4.79 Å². The van der Waals surface area contributed by atoms with Crippen LogP contribution in [0.4, 0.5) is 5.82 Å². The van der Waals surface area contributed by atoms with Gasteiger partial charge in [-0.25, -0.2) is 4.98 Å². The van der Waals surface area contributed by atoms with Crippen molar-refractivity contribution in [3.63, 3.8) is 0 Å². The highest BCUT2D eigenvalue weighted by Gasteiger charge is 2.32. The van der Waals surface area contributed by atoms with E-state index in [-0.39, 0.29) is 5.56 Å². The standard InChI is InChI=1S/C15H23N3O/c1-3-11-4-7-13(10(11)2)17-14-15(19)18(9-8-16-14)12-5-6-12/h8-13H,3-7H2,1-2H3,(H,16,17). The van der Waals surface area contributed by atoms with Gasteiger partial charge in [-0.05, 0) is 37.5 Å². The van der Waals surface area contributed by atoms with Crippen LogP contribution in [0.1, 0.15) is 52.0 Å². The third-order valence-corrected chi connectivity index (χ3v) is 4.88. The normalized spacial score (nSPS) is 30.5. The zero-order valence-corrected chi connectivity index (χ0v) is 11.8. The first-order chi connectivity index (χ1) is 9.20. The second-order valence-corrected chi connectivity index (χ2v) is 6.08. The molecule has 0 spiro atoms. The SMILES string of the molecule is CCC1CCC(Nc2nccn(C3CC3)c2=O)C1C. The van der Waals surface area contributed by atoms with Crippen LogP contribution >= 0.6 is 0 Å². The third kappa shape index (κ3) is 2.40. The number of hydrogen-bond donors (Lipinski definition) is 1. The smallest absolute Gasteiger partial charge is 0.293 e. The summed E-state index contributed by atoms with van der Waals surface area (Å²) in [5.74, 6) is 1.95. The molecular formula is C15H23N3O. The monoisotopic (exact) mass is 261 g/mol. The highest BCUT2D eigenvalue weighted by Crippen LogP contribution is 2.35. The van der Waals surface area contributed by atoms with E-state index in [0.717, 1.165) is 25.2 Å². The van der Waals surface area contributed by atoms with E-state index in [1.54, 1.807) is 6.20 Å². The predicted molar refractivity (Wildman–Crippen MR) is 76.4 cm³/mol. The molecular weight excluding hydrogens is 238 g/mol. The minimum Gasteiger partial charge on any atom is -0.362 e. The van der Waals surface area contributed by atoms with Crippen molar-refractivity contribution in [2.24, 2.45) is 11.8 Å². The molecule has 1 heterocycles. The summed E-state index contributed by atoms with van der Waals surface area (Å²) in [6, 6.07) is 0.820. The summed E-state index contributed by atoms with van der Waals surface area (Å²) in [6.45, 7) is 4.55. The van der Waals surface area contributed by atoms with Gasteiger partial charge in [0.1, 0.15) is 0 Å². The molecule has 3 atom stereocenters. The average molecular weight is 261 g/mol. The molecule has 104 valence electrons. The lowest BCUT2D eigenvalue weighted by Gasteiger charge is -2.21. The van der Waals surface area contributed by atoms with Crippen LogP contribution in [0.15, 0.2) is 17.2 Å². The molecule has 2 saturated carbocycles. The van der Waals surface area contributed by atoms with Gasteiger partial charge in [0.05, 0.1) is 0 Å². The number of anilines is 1. The molecule has 1 aromatic rings. The fraction of sp³-hybridized carbons (Fsp3) is 0.733. The van der Waals surface area contributed by atoms with Crippen LogP contribution in [-0.2, 0) is 0 Å². The van der Waals surface area contributed by atoms with Crippen LogP contribution in [-0.4, -0.2) is 15.6 Å². The van der Waals surface area contributed by atoms with Crippen LogP contribution in [0.2, 0.25) is 0 Å². The molecule has 2 aliphatic rings. The second kappa shape index (κ2) is 4.99. The molecule has 0 aliphatic heterocycles. The first-order valence-corrected chi connectivity index (χ1v) is 7.54. The van der Waals surface area contributed by atoms with Crippen molar-refractivity contribution in [3.05, 3.63) is 22.7 Å². The van der Waals surface area contributed by atoms with E-state index in [2.05, 4.69) is 24.1 Å². The highest BCUT2D eigenvalue weighted by atomic mass is 16.1. The van der Waals surface area contributed by atoms with Crippen LogP contribution in [0.25, 0.3) is 0 Å². The van der Waals surface area contributed by atoms with E-state index >= 15 is 0 Å². The Kier molecular flexibility index (Phi) is 3.33. The van der Waals surface area contributed by atoms with E-state index in [1.807, 2.05) is 10.8 Å². The Morgan fingerprint density at radius 3 is 2.79 bits per heavy atom. The van der Waals surface area contributed by atoms with E-state index in [1.165, 1.54) is 12.8 Å². The van der Waals surface area contributed by atoms with Crippen molar-refractivity contribution < 1.29 is 0 Å². The molecule has 2 fully saturated rings. The fourth-order valence-corrected chi connectivity index (χ4v) is 3.37. The second-order valence-electron chi connectivity index (χ2n) is 6.08. The zero-order chi connectivity index (χ0) is 13.4. The average Bonchev–Trinajstić information content (AvgIpc) is 3.19. The molecule has 3 unspecified atom stereocenters. The molecule has 0 aromatic carbocycles. The Bertz CT molecular complexity index is 506. The topological polar surface area (TPSA) is 46.9 Å². The lowest BCUT2D eigenvalue weighted by molar-refractivity contribution is 0.391. The number of hydrogen-bond acceptors (Lipinski definition) is 3. The maximum Gasteiger partial charge on any atom is 0.293 e. The first kappa shape index (κ1) is 12.7. The number of nitrogens with zero attached hydrogens (tertiary/aromatic N) is 2. The summed E-state index contributed by atoms with van der Waals surface area (Å²) in [5, 5.41) is 3.40. The molecule has 0 saturated heterocycles. The lowest BCUT2D eigenvalue weighted by atomic mass is 9.93. The molecule has 1 aromatic heterocycles. The molecule has 0 radical (unpaired) electrons. The van der Waals surface area contributed by atoms with Crippen molar-refractivity contribution in [2.45, 2.75) is 58.0 Å². The van der Waals surface area contributed by atoms with Crippen molar-refractivity contribution in [2.75, 3.05) is 5.32 Å². The van der Waals surface area contributed by atoms with Crippen molar-refractivity contribution in [3.8, 4) is 0 Å². The predicted octanol–water partition coefficient (Wildman–Crippen LogP) is 2.81. The molecule has 1 N–H and O–H groups in total. The van der Waals surface area contributed by atoms with Gasteiger partial charge in [-0.1, -0.05) is 20.3 Å². The number of nitrogens with one attached hydrogen (secondary N) is 1. The Hall–Kier alpha value is -1.32. The highest BCUT2D eigenvalue weighted by molar-refractivity contribution is 5.33. The Labute approximate surface area is 114 Å². The quantitative estimate of drug-likeness (QED) is 0.906.